The van der Waals surface area contributed by atoms with Crippen LogP contribution in [0.2, 0.25) is 0 Å². The number of hydrogen-bond acceptors (Lipinski definition) is 4. The van der Waals surface area contributed by atoms with Crippen molar-refractivity contribution >= 4 is 10.0 Å². The molecule has 1 aliphatic heterocycles. The molecular weight excluding hydrogens is 338 g/mol. The van der Waals surface area contributed by atoms with Crippen LogP contribution in [0.15, 0.2) is 53.4 Å². The number of benzene rings is 2. The molecular formula is C19H23NO4S. The highest BCUT2D eigenvalue weighted by Crippen LogP contribution is 2.34. The Labute approximate surface area is 149 Å². The van der Waals surface area contributed by atoms with Gasteiger partial charge in [0.25, 0.3) is 0 Å². The summed E-state index contributed by atoms with van der Waals surface area (Å²) in [4.78, 5) is 0.161. The van der Waals surface area contributed by atoms with Crippen LogP contribution in [0.25, 0.3) is 0 Å². The van der Waals surface area contributed by atoms with Gasteiger partial charge in [0.1, 0.15) is 16.4 Å². The van der Waals surface area contributed by atoms with Crippen molar-refractivity contribution in [1.29, 1.82) is 0 Å². The fraction of sp³-hybridized carbons (Fsp3) is 0.368. The molecule has 1 atom stereocenters. The van der Waals surface area contributed by atoms with Gasteiger partial charge in [-0.25, -0.2) is 8.42 Å². The number of ether oxygens (including phenoxy) is 2. The minimum atomic E-state index is -3.65. The van der Waals surface area contributed by atoms with Gasteiger partial charge in [-0.05, 0) is 37.0 Å². The quantitative estimate of drug-likeness (QED) is 0.793. The molecule has 5 nitrogen and oxygen atoms in total. The van der Waals surface area contributed by atoms with Gasteiger partial charge in [-0.1, -0.05) is 30.3 Å². The van der Waals surface area contributed by atoms with Gasteiger partial charge in [-0.2, -0.15) is 4.31 Å². The van der Waals surface area contributed by atoms with Gasteiger partial charge in [-0.3, -0.25) is 0 Å². The van der Waals surface area contributed by atoms with Gasteiger partial charge >= 0.3 is 0 Å². The topological polar surface area (TPSA) is 55.8 Å². The van der Waals surface area contributed by atoms with Crippen molar-refractivity contribution in [3.05, 3.63) is 54.1 Å². The van der Waals surface area contributed by atoms with Crippen LogP contribution in [-0.2, 0) is 16.4 Å². The number of rotatable bonds is 6. The lowest BCUT2D eigenvalue weighted by molar-refractivity contribution is 0.371. The Kier molecular flexibility index (Phi) is 5.30. The fourth-order valence-corrected chi connectivity index (χ4v) is 5.19. The normalized spacial score (nSPS) is 18.2. The molecule has 0 radical (unpaired) electrons. The summed E-state index contributed by atoms with van der Waals surface area (Å²) in [6, 6.07) is 14.8. The smallest absolute Gasteiger partial charge is 0.247 e. The maximum absolute atomic E-state index is 13.3. The van der Waals surface area contributed by atoms with E-state index in [9.17, 15) is 8.42 Å². The first-order valence-electron chi connectivity index (χ1n) is 8.34. The zero-order valence-electron chi connectivity index (χ0n) is 14.5. The molecule has 6 heteroatoms. The van der Waals surface area contributed by atoms with Crippen LogP contribution < -0.4 is 9.47 Å². The van der Waals surface area contributed by atoms with E-state index in [0.717, 1.165) is 18.4 Å². The largest absolute Gasteiger partial charge is 0.497 e. The summed E-state index contributed by atoms with van der Waals surface area (Å²) < 4.78 is 38.6. The molecule has 25 heavy (non-hydrogen) atoms. The van der Waals surface area contributed by atoms with Gasteiger partial charge in [0.2, 0.25) is 10.0 Å². The van der Waals surface area contributed by atoms with E-state index in [1.165, 1.54) is 20.3 Å². The minimum absolute atomic E-state index is 0.0386. The summed E-state index contributed by atoms with van der Waals surface area (Å²) in [5.74, 6) is 0.837. The van der Waals surface area contributed by atoms with Crippen LogP contribution in [0, 0.1) is 0 Å². The highest BCUT2D eigenvalue weighted by Gasteiger charge is 2.37. The Bertz CT molecular complexity index is 821. The molecule has 1 aliphatic rings. The summed E-state index contributed by atoms with van der Waals surface area (Å²) in [5.41, 5.74) is 1.15. The van der Waals surface area contributed by atoms with E-state index in [1.807, 2.05) is 30.3 Å². The average Bonchev–Trinajstić information content (AvgIpc) is 3.11. The zero-order chi connectivity index (χ0) is 17.9. The van der Waals surface area contributed by atoms with E-state index in [4.69, 9.17) is 9.47 Å². The first-order chi connectivity index (χ1) is 12.1. The van der Waals surface area contributed by atoms with Gasteiger partial charge < -0.3 is 9.47 Å². The number of sulfonamides is 1. The number of nitrogens with zero attached hydrogens (tertiary/aromatic N) is 1. The first-order valence-corrected chi connectivity index (χ1v) is 9.78. The van der Waals surface area contributed by atoms with Crippen LogP contribution in [0.3, 0.4) is 0 Å². The van der Waals surface area contributed by atoms with Crippen LogP contribution in [0.1, 0.15) is 18.4 Å². The highest BCUT2D eigenvalue weighted by molar-refractivity contribution is 7.89. The summed E-state index contributed by atoms with van der Waals surface area (Å²) >= 11 is 0. The highest BCUT2D eigenvalue weighted by atomic mass is 32.2. The van der Waals surface area contributed by atoms with Crippen LogP contribution in [0.5, 0.6) is 11.5 Å². The predicted octanol–water partition coefficient (Wildman–Crippen LogP) is 3.10. The van der Waals surface area contributed by atoms with Crippen LogP contribution in [-0.4, -0.2) is 39.5 Å². The van der Waals surface area contributed by atoms with Crippen molar-refractivity contribution in [1.82, 2.24) is 4.31 Å². The monoisotopic (exact) mass is 361 g/mol. The van der Waals surface area contributed by atoms with Crippen molar-refractivity contribution in [2.75, 3.05) is 20.8 Å². The Morgan fingerprint density at radius 2 is 1.84 bits per heavy atom. The molecule has 0 saturated carbocycles. The molecule has 134 valence electrons. The van der Waals surface area contributed by atoms with E-state index in [1.54, 1.807) is 16.4 Å². The lowest BCUT2D eigenvalue weighted by Crippen LogP contribution is -2.37. The summed E-state index contributed by atoms with van der Waals surface area (Å²) in [5, 5.41) is 0. The Morgan fingerprint density at radius 3 is 2.52 bits per heavy atom. The van der Waals surface area contributed by atoms with E-state index >= 15 is 0 Å². The van der Waals surface area contributed by atoms with E-state index in [-0.39, 0.29) is 10.9 Å². The zero-order valence-corrected chi connectivity index (χ0v) is 15.3. The van der Waals surface area contributed by atoms with E-state index < -0.39 is 10.0 Å². The standard InChI is InChI=1S/C19H23NO4S/c1-23-17-10-11-18(24-2)19(14-17)25(21,22)20-12-6-9-16(20)13-15-7-4-3-5-8-15/h3-5,7-8,10-11,14,16H,6,9,12-13H2,1-2H3/t16-/m0/s1. The second-order valence-corrected chi connectivity index (χ2v) is 7.98. The lowest BCUT2D eigenvalue weighted by Gasteiger charge is -2.25. The third-order valence-electron chi connectivity index (χ3n) is 4.59. The van der Waals surface area contributed by atoms with E-state index in [0.29, 0.717) is 24.5 Å². The SMILES string of the molecule is COc1ccc(OC)c(S(=O)(=O)N2CCC[C@H]2Cc2ccccc2)c1. The van der Waals surface area contributed by atoms with Crippen molar-refractivity contribution < 1.29 is 17.9 Å². The van der Waals surface area contributed by atoms with Crippen molar-refractivity contribution in [3.8, 4) is 11.5 Å². The second kappa shape index (κ2) is 7.45. The Hall–Kier alpha value is -2.05. The lowest BCUT2D eigenvalue weighted by atomic mass is 10.1. The number of methoxy groups -OCH3 is 2. The molecule has 1 saturated heterocycles. The second-order valence-electron chi connectivity index (χ2n) is 6.12. The molecule has 2 aromatic rings. The maximum atomic E-state index is 13.3. The third-order valence-corrected chi connectivity index (χ3v) is 6.57. The average molecular weight is 361 g/mol. The summed E-state index contributed by atoms with van der Waals surface area (Å²) in [6.07, 6.45) is 2.44. The molecule has 0 unspecified atom stereocenters. The fourth-order valence-electron chi connectivity index (χ4n) is 3.33. The molecule has 0 N–H and O–H groups in total. The molecule has 2 aromatic carbocycles. The molecule has 1 fully saturated rings. The van der Waals surface area contributed by atoms with Gasteiger partial charge in [0.15, 0.2) is 0 Å². The third kappa shape index (κ3) is 3.65. The Balaban J connectivity index is 1.93. The molecule has 0 spiro atoms. The summed E-state index contributed by atoms with van der Waals surface area (Å²) in [6.45, 7) is 0.528. The molecule has 0 amide bonds. The van der Waals surface area contributed by atoms with Crippen LogP contribution in [0.4, 0.5) is 0 Å². The van der Waals surface area contributed by atoms with Crippen molar-refractivity contribution in [3.63, 3.8) is 0 Å². The molecule has 0 aromatic heterocycles. The molecule has 0 bridgehead atoms. The van der Waals surface area contributed by atoms with Gasteiger partial charge in [0.05, 0.1) is 14.2 Å². The first kappa shape index (κ1) is 17.8. The molecule has 0 aliphatic carbocycles. The predicted molar refractivity (Wildman–Crippen MR) is 96.6 cm³/mol. The number of hydrogen-bond donors (Lipinski definition) is 0. The minimum Gasteiger partial charge on any atom is -0.497 e. The van der Waals surface area contributed by atoms with Crippen molar-refractivity contribution in [2.24, 2.45) is 0 Å². The maximum Gasteiger partial charge on any atom is 0.247 e. The van der Waals surface area contributed by atoms with Gasteiger partial charge in [-0.15, -0.1) is 0 Å². The van der Waals surface area contributed by atoms with Crippen LogP contribution >= 0.6 is 0 Å². The van der Waals surface area contributed by atoms with E-state index in [2.05, 4.69) is 0 Å². The molecule has 1 heterocycles. The van der Waals surface area contributed by atoms with Crippen molar-refractivity contribution in [2.45, 2.75) is 30.2 Å². The molecule has 3 rings (SSSR count). The summed E-state index contributed by atoms with van der Waals surface area (Å²) in [7, 11) is -0.656. The Morgan fingerprint density at radius 1 is 1.08 bits per heavy atom. The van der Waals surface area contributed by atoms with Gasteiger partial charge in [0, 0.05) is 18.7 Å².